The number of carbonyl (C=O) groups is 3. The minimum Gasteiger partial charge on any atom is -0.444 e. The molecule has 2 aromatic rings. The number of hydrogen-bond donors (Lipinski definition) is 0. The summed E-state index contributed by atoms with van der Waals surface area (Å²) in [6, 6.07) is 17.1. The van der Waals surface area contributed by atoms with Crippen LogP contribution in [0.2, 0.25) is 0 Å². The average Bonchev–Trinajstić information content (AvgIpc) is 3.08. The molecule has 2 aliphatic heterocycles. The van der Waals surface area contributed by atoms with Gasteiger partial charge in [-0.1, -0.05) is 48.9 Å². The number of benzene rings is 2. The number of nitrogens with zero attached hydrogens (tertiary/aromatic N) is 3. The summed E-state index contributed by atoms with van der Waals surface area (Å²) in [7, 11) is 0. The summed E-state index contributed by atoms with van der Waals surface area (Å²) < 4.78 is 5.68. The van der Waals surface area contributed by atoms with Gasteiger partial charge in [0.15, 0.2) is 0 Å². The third-order valence-corrected chi connectivity index (χ3v) is 6.51. The fourth-order valence-electron chi connectivity index (χ4n) is 4.77. The van der Waals surface area contributed by atoms with Crippen molar-refractivity contribution in [2.45, 2.75) is 51.7 Å². The number of unbranched alkanes of at least 4 members (excludes halogenated alkanes) is 2. The van der Waals surface area contributed by atoms with Crippen LogP contribution < -0.4 is 0 Å². The Morgan fingerprint density at radius 2 is 1.46 bits per heavy atom. The van der Waals surface area contributed by atoms with Gasteiger partial charge < -0.3 is 4.74 Å². The molecule has 0 bridgehead atoms. The number of rotatable bonds is 7. The lowest BCUT2D eigenvalue weighted by Gasteiger charge is -2.42. The number of piperazine rings is 1. The van der Waals surface area contributed by atoms with Gasteiger partial charge in [0.1, 0.15) is 5.60 Å². The smallest absolute Gasteiger partial charge is 0.410 e. The van der Waals surface area contributed by atoms with Crippen molar-refractivity contribution in [2.24, 2.45) is 0 Å². The van der Waals surface area contributed by atoms with Crippen molar-refractivity contribution in [1.29, 1.82) is 0 Å². The fraction of sp³-hybridized carbons (Fsp3) is 0.464. The lowest BCUT2D eigenvalue weighted by atomic mass is 10.0. The maximum atomic E-state index is 12.9. The molecule has 1 fully saturated rings. The highest BCUT2D eigenvalue weighted by Gasteiger charge is 2.35. The molecule has 35 heavy (non-hydrogen) atoms. The summed E-state index contributed by atoms with van der Waals surface area (Å²) in [5.41, 5.74) is 1.59. The van der Waals surface area contributed by atoms with Crippen molar-refractivity contribution in [1.82, 2.24) is 14.7 Å². The Labute approximate surface area is 207 Å². The van der Waals surface area contributed by atoms with Crippen molar-refractivity contribution in [3.05, 3.63) is 71.3 Å². The number of carbonyl (C=O) groups excluding carboxylic acids is 3. The monoisotopic (exact) mass is 477 g/mol. The van der Waals surface area contributed by atoms with E-state index in [2.05, 4.69) is 17.0 Å². The van der Waals surface area contributed by atoms with Crippen LogP contribution in [0.1, 0.15) is 72.4 Å². The van der Waals surface area contributed by atoms with Crippen molar-refractivity contribution < 1.29 is 19.1 Å². The molecule has 1 atom stereocenters. The van der Waals surface area contributed by atoms with Gasteiger partial charge in [-0.15, -0.1) is 0 Å². The van der Waals surface area contributed by atoms with E-state index in [1.165, 1.54) is 4.90 Å². The number of amides is 3. The molecule has 4 rings (SSSR count). The molecule has 0 spiro atoms. The average molecular weight is 478 g/mol. The highest BCUT2D eigenvalue weighted by molar-refractivity contribution is 6.21. The van der Waals surface area contributed by atoms with E-state index < -0.39 is 5.60 Å². The molecule has 1 saturated heterocycles. The minimum atomic E-state index is -0.533. The highest BCUT2D eigenvalue weighted by atomic mass is 16.6. The summed E-state index contributed by atoms with van der Waals surface area (Å²) in [6.07, 6.45) is 2.41. The van der Waals surface area contributed by atoms with Crippen LogP contribution in [0.4, 0.5) is 4.79 Å². The van der Waals surface area contributed by atoms with Gasteiger partial charge in [0.05, 0.1) is 17.2 Å². The zero-order chi connectivity index (χ0) is 25.0. The fourth-order valence-corrected chi connectivity index (χ4v) is 4.77. The van der Waals surface area contributed by atoms with E-state index in [9.17, 15) is 14.4 Å². The van der Waals surface area contributed by atoms with Gasteiger partial charge in [-0.25, -0.2) is 4.79 Å². The molecule has 7 heteroatoms. The van der Waals surface area contributed by atoms with Crippen LogP contribution >= 0.6 is 0 Å². The largest absolute Gasteiger partial charge is 0.444 e. The molecule has 0 N–H and O–H groups in total. The summed E-state index contributed by atoms with van der Waals surface area (Å²) in [5, 5.41) is 0. The van der Waals surface area contributed by atoms with Crippen LogP contribution in [0.3, 0.4) is 0 Å². The second-order valence-electron chi connectivity index (χ2n) is 10.3. The Morgan fingerprint density at radius 3 is 2.09 bits per heavy atom. The van der Waals surface area contributed by atoms with Crippen molar-refractivity contribution in [2.75, 3.05) is 32.7 Å². The van der Waals surface area contributed by atoms with Gasteiger partial charge >= 0.3 is 6.09 Å². The van der Waals surface area contributed by atoms with Crippen LogP contribution in [0, 0.1) is 0 Å². The molecule has 0 saturated carbocycles. The van der Waals surface area contributed by atoms with Gasteiger partial charge in [0, 0.05) is 26.2 Å². The Morgan fingerprint density at radius 1 is 0.857 bits per heavy atom. The Kier molecular flexibility index (Phi) is 7.55. The molecule has 2 aliphatic rings. The molecule has 0 aliphatic carbocycles. The molecular weight excluding hydrogens is 442 g/mol. The molecule has 186 valence electrons. The van der Waals surface area contributed by atoms with Gasteiger partial charge in [-0.05, 0) is 57.9 Å². The molecule has 2 heterocycles. The normalized spacial score (nSPS) is 18.7. The Hall–Kier alpha value is -3.19. The zero-order valence-electron chi connectivity index (χ0n) is 20.9. The highest BCUT2D eigenvalue weighted by Crippen LogP contribution is 2.28. The molecule has 2 aromatic carbocycles. The number of imide groups is 1. The van der Waals surface area contributed by atoms with E-state index in [4.69, 9.17) is 4.74 Å². The molecule has 0 aromatic heterocycles. The standard InChI is InChI=1S/C28H35N3O4/c1-28(2,3)35-27(34)30-19-18-29(20-24(30)21-12-6-4-7-13-21)16-10-5-11-17-31-25(32)22-14-8-9-15-23(22)26(31)33/h4,6-9,12-15,24H,5,10-11,16-20H2,1-3H3. The van der Waals surface area contributed by atoms with Crippen molar-refractivity contribution in [3.63, 3.8) is 0 Å². The second-order valence-corrected chi connectivity index (χ2v) is 10.3. The minimum absolute atomic E-state index is 0.0573. The third kappa shape index (κ3) is 5.90. The SMILES string of the molecule is CC(C)(C)OC(=O)N1CCN(CCCCCN2C(=O)c3ccccc3C2=O)CC1c1ccccc1. The van der Waals surface area contributed by atoms with Gasteiger partial charge in [-0.3, -0.25) is 24.3 Å². The first kappa shape index (κ1) is 24.9. The van der Waals surface area contributed by atoms with Crippen LogP contribution in [0.15, 0.2) is 54.6 Å². The first-order valence-corrected chi connectivity index (χ1v) is 12.5. The molecular formula is C28H35N3O4. The Bertz CT molecular complexity index is 1030. The molecule has 1 unspecified atom stereocenters. The van der Waals surface area contributed by atoms with E-state index >= 15 is 0 Å². The van der Waals surface area contributed by atoms with Gasteiger partial charge in [0.25, 0.3) is 11.8 Å². The van der Waals surface area contributed by atoms with Crippen LogP contribution in [0.25, 0.3) is 0 Å². The quantitative estimate of drug-likeness (QED) is 0.425. The molecule has 7 nitrogen and oxygen atoms in total. The van der Waals surface area contributed by atoms with Crippen LogP contribution in [0.5, 0.6) is 0 Å². The maximum Gasteiger partial charge on any atom is 0.410 e. The molecule has 0 radical (unpaired) electrons. The number of ether oxygens (including phenoxy) is 1. The topological polar surface area (TPSA) is 70.2 Å². The summed E-state index contributed by atoms with van der Waals surface area (Å²) in [4.78, 5) is 43.5. The zero-order valence-corrected chi connectivity index (χ0v) is 20.9. The van der Waals surface area contributed by atoms with Gasteiger partial charge in [-0.2, -0.15) is 0 Å². The van der Waals surface area contributed by atoms with Crippen molar-refractivity contribution >= 4 is 17.9 Å². The van der Waals surface area contributed by atoms with Gasteiger partial charge in [0.2, 0.25) is 0 Å². The van der Waals surface area contributed by atoms with Crippen LogP contribution in [-0.2, 0) is 4.74 Å². The summed E-state index contributed by atoms with van der Waals surface area (Å²) in [6.45, 7) is 9.19. The van der Waals surface area contributed by atoms with E-state index in [0.29, 0.717) is 24.2 Å². The van der Waals surface area contributed by atoms with E-state index in [0.717, 1.165) is 44.5 Å². The predicted octanol–water partition coefficient (Wildman–Crippen LogP) is 4.75. The first-order chi connectivity index (χ1) is 16.7. The van der Waals surface area contributed by atoms with E-state index in [1.54, 1.807) is 24.3 Å². The number of hydrogen-bond acceptors (Lipinski definition) is 5. The second kappa shape index (κ2) is 10.6. The third-order valence-electron chi connectivity index (χ3n) is 6.51. The summed E-state index contributed by atoms with van der Waals surface area (Å²) >= 11 is 0. The predicted molar refractivity (Wildman–Crippen MR) is 134 cm³/mol. The lowest BCUT2D eigenvalue weighted by molar-refractivity contribution is -0.00219. The first-order valence-electron chi connectivity index (χ1n) is 12.5. The van der Waals surface area contributed by atoms with Crippen LogP contribution in [-0.4, -0.2) is 70.9 Å². The number of fused-ring (bicyclic) bond motifs is 1. The maximum absolute atomic E-state index is 12.9. The summed E-state index contributed by atoms with van der Waals surface area (Å²) in [5.74, 6) is -0.371. The van der Waals surface area contributed by atoms with Crippen molar-refractivity contribution in [3.8, 4) is 0 Å². The molecule has 3 amide bonds. The Balaban J connectivity index is 1.28. The lowest BCUT2D eigenvalue weighted by Crippen LogP contribution is -2.51. The van der Waals surface area contributed by atoms with E-state index in [-0.39, 0.29) is 23.9 Å². The van der Waals surface area contributed by atoms with E-state index in [1.807, 2.05) is 43.9 Å².